The summed E-state index contributed by atoms with van der Waals surface area (Å²) in [5.41, 5.74) is 1.96. The van der Waals surface area contributed by atoms with Crippen LogP contribution >= 0.6 is 0 Å². The molecule has 1 fully saturated rings. The van der Waals surface area contributed by atoms with Crippen molar-refractivity contribution in [1.29, 1.82) is 0 Å². The maximum atomic E-state index is 12.4. The van der Waals surface area contributed by atoms with E-state index < -0.39 is 5.60 Å². The van der Waals surface area contributed by atoms with Crippen molar-refractivity contribution in [2.45, 2.75) is 45.3 Å². The molecule has 1 N–H and O–H groups in total. The number of nitrogens with zero attached hydrogens (tertiary/aromatic N) is 6. The highest BCUT2D eigenvalue weighted by atomic mass is 16.5. The molecule has 1 atom stereocenters. The van der Waals surface area contributed by atoms with Gasteiger partial charge in [-0.3, -0.25) is 9.67 Å². The van der Waals surface area contributed by atoms with Crippen LogP contribution in [-0.4, -0.2) is 55.0 Å². The van der Waals surface area contributed by atoms with Gasteiger partial charge in [0.2, 0.25) is 11.7 Å². The molecule has 0 saturated carbocycles. The zero-order valence-corrected chi connectivity index (χ0v) is 20.7. The van der Waals surface area contributed by atoms with E-state index in [0.717, 1.165) is 24.2 Å². The molecular weight excluding hydrogens is 440 g/mol. The minimum Gasteiger partial charge on any atom is -0.380 e. The molecular formula is C27H32N6O2. The van der Waals surface area contributed by atoms with Crippen molar-refractivity contribution < 1.29 is 9.63 Å². The molecule has 3 aromatic heterocycles. The third-order valence-corrected chi connectivity index (χ3v) is 7.10. The number of rotatable bonds is 8. The second-order valence-electron chi connectivity index (χ2n) is 10.2. The molecule has 1 aliphatic heterocycles. The number of hydrogen-bond acceptors (Lipinski definition) is 7. The maximum absolute atomic E-state index is 12.4. The van der Waals surface area contributed by atoms with Gasteiger partial charge in [-0.15, -0.1) is 0 Å². The molecule has 8 nitrogen and oxygen atoms in total. The molecule has 4 aromatic rings. The van der Waals surface area contributed by atoms with Crippen molar-refractivity contribution in [3.05, 3.63) is 83.8 Å². The van der Waals surface area contributed by atoms with Gasteiger partial charge in [0.25, 0.3) is 0 Å². The summed E-state index contributed by atoms with van der Waals surface area (Å²) in [7, 11) is 2.07. The Balaban J connectivity index is 1.48. The molecule has 8 heteroatoms. The normalized spacial score (nSPS) is 17.3. The van der Waals surface area contributed by atoms with Crippen LogP contribution < -0.4 is 0 Å². The van der Waals surface area contributed by atoms with Gasteiger partial charge in [0, 0.05) is 67.4 Å². The minimum atomic E-state index is -1.22. The van der Waals surface area contributed by atoms with Crippen LogP contribution in [0.15, 0.2) is 65.7 Å². The Labute approximate surface area is 205 Å². The van der Waals surface area contributed by atoms with E-state index in [1.54, 1.807) is 18.6 Å². The van der Waals surface area contributed by atoms with Crippen molar-refractivity contribution in [1.82, 2.24) is 29.8 Å². The first-order valence-electron chi connectivity index (χ1n) is 12.1. The first-order valence-corrected chi connectivity index (χ1v) is 12.1. The summed E-state index contributed by atoms with van der Waals surface area (Å²) < 4.78 is 7.30. The van der Waals surface area contributed by atoms with Crippen LogP contribution in [-0.2, 0) is 18.6 Å². The zero-order valence-electron chi connectivity index (χ0n) is 20.7. The molecule has 182 valence electrons. The number of benzene rings is 1. The fourth-order valence-electron chi connectivity index (χ4n) is 5.22. The molecule has 35 heavy (non-hydrogen) atoms. The molecule has 1 unspecified atom stereocenters. The summed E-state index contributed by atoms with van der Waals surface area (Å²) in [6.07, 6.45) is 7.69. The van der Waals surface area contributed by atoms with E-state index in [2.05, 4.69) is 65.1 Å². The Bertz CT molecular complexity index is 1280. The summed E-state index contributed by atoms with van der Waals surface area (Å²) >= 11 is 0. The summed E-state index contributed by atoms with van der Waals surface area (Å²) in [6, 6.07) is 12.1. The zero-order chi connectivity index (χ0) is 24.6. The summed E-state index contributed by atoms with van der Waals surface area (Å²) in [5.74, 6) is 1.42. The number of pyridine rings is 1. The summed E-state index contributed by atoms with van der Waals surface area (Å²) in [4.78, 5) is 11.3. The van der Waals surface area contributed by atoms with Gasteiger partial charge in [-0.05, 0) is 36.2 Å². The molecule has 0 radical (unpaired) electrons. The van der Waals surface area contributed by atoms with Crippen LogP contribution in [0.4, 0.5) is 0 Å². The lowest BCUT2D eigenvalue weighted by molar-refractivity contribution is -0.127. The van der Waals surface area contributed by atoms with E-state index in [4.69, 9.17) is 4.52 Å². The molecule has 0 bridgehead atoms. The van der Waals surface area contributed by atoms with E-state index in [1.807, 2.05) is 35.1 Å². The lowest BCUT2D eigenvalue weighted by Gasteiger charge is -2.55. The fourth-order valence-corrected chi connectivity index (χ4v) is 5.22. The van der Waals surface area contributed by atoms with Gasteiger partial charge in [0.15, 0.2) is 0 Å². The molecule has 5 rings (SSSR count). The van der Waals surface area contributed by atoms with Gasteiger partial charge in [-0.25, -0.2) is 0 Å². The Morgan fingerprint density at radius 2 is 1.91 bits per heavy atom. The van der Waals surface area contributed by atoms with Gasteiger partial charge >= 0.3 is 0 Å². The number of likely N-dealkylation sites (tertiary alicyclic amines) is 1. The molecule has 0 aliphatic carbocycles. The van der Waals surface area contributed by atoms with Crippen LogP contribution in [0.3, 0.4) is 0 Å². The van der Waals surface area contributed by atoms with Crippen LogP contribution in [0.25, 0.3) is 11.4 Å². The first-order chi connectivity index (χ1) is 16.8. The lowest BCUT2D eigenvalue weighted by atomic mass is 9.62. The van der Waals surface area contributed by atoms with Crippen LogP contribution in [0.5, 0.6) is 0 Å². The maximum Gasteiger partial charge on any atom is 0.228 e. The predicted molar refractivity (Wildman–Crippen MR) is 133 cm³/mol. The monoisotopic (exact) mass is 472 g/mol. The third-order valence-electron chi connectivity index (χ3n) is 7.10. The van der Waals surface area contributed by atoms with Crippen LogP contribution in [0, 0.1) is 5.41 Å². The van der Waals surface area contributed by atoms with E-state index in [0.29, 0.717) is 36.2 Å². The first kappa shape index (κ1) is 23.4. The van der Waals surface area contributed by atoms with E-state index in [1.165, 1.54) is 5.56 Å². The Morgan fingerprint density at radius 3 is 2.57 bits per heavy atom. The predicted octanol–water partition coefficient (Wildman–Crippen LogP) is 3.88. The van der Waals surface area contributed by atoms with Gasteiger partial charge in [-0.1, -0.05) is 50.2 Å². The molecule has 0 spiro atoms. The van der Waals surface area contributed by atoms with Crippen molar-refractivity contribution >= 4 is 0 Å². The minimum absolute atomic E-state index is 0.367. The number of aromatic nitrogens is 5. The van der Waals surface area contributed by atoms with Gasteiger partial charge in [0.1, 0.15) is 5.60 Å². The third kappa shape index (κ3) is 4.28. The van der Waals surface area contributed by atoms with E-state index >= 15 is 0 Å². The van der Waals surface area contributed by atoms with Crippen molar-refractivity contribution in [3.8, 4) is 11.4 Å². The summed E-state index contributed by atoms with van der Waals surface area (Å²) in [6.45, 7) is 8.69. The largest absolute Gasteiger partial charge is 0.380 e. The number of aryl methyl sites for hydroxylation is 2. The smallest absolute Gasteiger partial charge is 0.228 e. The summed E-state index contributed by atoms with van der Waals surface area (Å²) in [5, 5.41) is 20.8. The van der Waals surface area contributed by atoms with Gasteiger partial charge < -0.3 is 14.5 Å². The Hall–Kier alpha value is -3.36. The van der Waals surface area contributed by atoms with Crippen molar-refractivity contribution in [2.24, 2.45) is 5.41 Å². The van der Waals surface area contributed by atoms with Crippen LogP contribution in [0.2, 0.25) is 0 Å². The van der Waals surface area contributed by atoms with Crippen molar-refractivity contribution in [3.63, 3.8) is 0 Å². The van der Waals surface area contributed by atoms with Crippen molar-refractivity contribution in [2.75, 3.05) is 20.1 Å². The molecule has 1 aromatic carbocycles. The van der Waals surface area contributed by atoms with E-state index in [9.17, 15) is 5.11 Å². The highest BCUT2D eigenvalue weighted by molar-refractivity contribution is 5.56. The second-order valence-corrected chi connectivity index (χ2v) is 10.2. The Morgan fingerprint density at radius 1 is 1.14 bits per heavy atom. The average molecular weight is 473 g/mol. The SMILES string of the molecule is CC(C)c1ccc(C(O)(c2cncc(-c3noc(CCn4cccn4)n3)c2)C2(C)CN(C)C2)cc1. The second kappa shape index (κ2) is 9.02. The molecule has 4 heterocycles. The van der Waals surface area contributed by atoms with Gasteiger partial charge in [0.05, 0.1) is 0 Å². The topological polar surface area (TPSA) is 93.1 Å². The number of hydrogen-bond donors (Lipinski definition) is 1. The number of aliphatic hydroxyl groups is 1. The van der Waals surface area contributed by atoms with Crippen LogP contribution in [0.1, 0.15) is 49.3 Å². The highest BCUT2D eigenvalue weighted by Gasteiger charge is 2.55. The highest BCUT2D eigenvalue weighted by Crippen LogP contribution is 2.50. The Kier molecular flexibility index (Phi) is 6.02. The molecule has 1 saturated heterocycles. The van der Waals surface area contributed by atoms with E-state index in [-0.39, 0.29) is 5.41 Å². The quantitative estimate of drug-likeness (QED) is 0.416. The lowest BCUT2D eigenvalue weighted by Crippen LogP contribution is -2.63. The van der Waals surface area contributed by atoms with Gasteiger partial charge in [-0.2, -0.15) is 10.1 Å². The molecule has 0 amide bonds. The standard InChI is InChI=1S/C27H32N6O2/c1-19(2)20-6-8-22(9-7-20)27(34,26(3)17-32(4)18-26)23-14-21(15-28-16-23)25-30-24(35-31-25)10-13-33-12-5-11-29-33/h5-9,11-12,14-16,19,34H,10,13,17-18H2,1-4H3. The molecule has 1 aliphatic rings. The average Bonchev–Trinajstić information content (AvgIpc) is 3.53. The fraction of sp³-hybridized carbons (Fsp3) is 0.407.